The fourth-order valence-electron chi connectivity index (χ4n) is 2.96. The van der Waals surface area contributed by atoms with Gasteiger partial charge in [-0.15, -0.1) is 11.3 Å². The molecule has 0 bridgehead atoms. The van der Waals surface area contributed by atoms with Gasteiger partial charge in [0.1, 0.15) is 0 Å². The monoisotopic (exact) mass is 432 g/mol. The third kappa shape index (κ3) is 5.43. The molecule has 2 aromatic carbocycles. The first kappa shape index (κ1) is 20.5. The van der Waals surface area contributed by atoms with E-state index in [1.165, 1.54) is 18.3 Å². The molecule has 2 N–H and O–H groups in total. The van der Waals surface area contributed by atoms with Gasteiger partial charge in [-0.2, -0.15) is 0 Å². The van der Waals surface area contributed by atoms with E-state index in [1.54, 1.807) is 6.20 Å². The van der Waals surface area contributed by atoms with Crippen LogP contribution in [0.2, 0.25) is 0 Å². The molecule has 4 rings (SSSR count). The molecule has 0 saturated carbocycles. The number of benzene rings is 2. The van der Waals surface area contributed by atoms with Gasteiger partial charge in [-0.1, -0.05) is 42.5 Å². The molecule has 156 valence electrons. The lowest BCUT2D eigenvalue weighted by Gasteiger charge is -2.03. The van der Waals surface area contributed by atoms with Crippen LogP contribution in [-0.2, 0) is 16.0 Å². The lowest BCUT2D eigenvalue weighted by molar-refractivity contribution is -0.116. The number of nitrogens with zero attached hydrogens (tertiary/aromatic N) is 2. The molecule has 0 spiro atoms. The van der Waals surface area contributed by atoms with E-state index in [9.17, 15) is 9.59 Å². The number of rotatable bonds is 7. The number of nitrogens with one attached hydrogen (secondary N) is 2. The van der Waals surface area contributed by atoms with Crippen molar-refractivity contribution in [3.8, 4) is 22.6 Å². The molecule has 0 aliphatic heterocycles. The fraction of sp³-hybridized carbons (Fsp3) is 0.130. The molecule has 2 aromatic heterocycles. The number of carbonyl (C=O) groups is 2. The van der Waals surface area contributed by atoms with Gasteiger partial charge in [0.25, 0.3) is 0 Å². The van der Waals surface area contributed by atoms with Crippen LogP contribution in [0.1, 0.15) is 19.2 Å². The van der Waals surface area contributed by atoms with E-state index in [0.717, 1.165) is 22.5 Å². The summed E-state index contributed by atoms with van der Waals surface area (Å²) < 4.78 is 5.74. The average molecular weight is 433 g/mol. The summed E-state index contributed by atoms with van der Waals surface area (Å²) in [5, 5.41) is 7.96. The quantitative estimate of drug-likeness (QED) is 0.429. The predicted octanol–water partition coefficient (Wildman–Crippen LogP) is 4.99. The van der Waals surface area contributed by atoms with Crippen LogP contribution in [0.25, 0.3) is 22.6 Å². The van der Waals surface area contributed by atoms with Crippen LogP contribution in [0.5, 0.6) is 0 Å². The Morgan fingerprint density at radius 2 is 1.77 bits per heavy atom. The number of oxazole rings is 1. The molecule has 7 nitrogen and oxygen atoms in total. The predicted molar refractivity (Wildman–Crippen MR) is 121 cm³/mol. The van der Waals surface area contributed by atoms with Crippen molar-refractivity contribution in [2.45, 2.75) is 19.8 Å². The zero-order valence-corrected chi connectivity index (χ0v) is 17.6. The molecule has 0 aliphatic rings. The number of amides is 2. The Hall–Kier alpha value is -3.78. The highest BCUT2D eigenvalue weighted by molar-refractivity contribution is 7.14. The van der Waals surface area contributed by atoms with E-state index < -0.39 is 0 Å². The Balaban J connectivity index is 1.31. The highest BCUT2D eigenvalue weighted by Crippen LogP contribution is 2.26. The number of aromatic nitrogens is 2. The maximum absolute atomic E-state index is 12.3. The highest BCUT2D eigenvalue weighted by atomic mass is 32.1. The van der Waals surface area contributed by atoms with Crippen molar-refractivity contribution >= 4 is 34.0 Å². The number of carbonyl (C=O) groups excluding carboxylic acids is 2. The van der Waals surface area contributed by atoms with Crippen molar-refractivity contribution in [3.05, 3.63) is 72.1 Å². The van der Waals surface area contributed by atoms with E-state index >= 15 is 0 Å². The zero-order chi connectivity index (χ0) is 21.6. The second-order valence-electron chi connectivity index (χ2n) is 6.83. The molecule has 2 heterocycles. The molecule has 0 unspecified atom stereocenters. The summed E-state index contributed by atoms with van der Waals surface area (Å²) in [6, 6.07) is 17.1. The van der Waals surface area contributed by atoms with Gasteiger partial charge in [-0.25, -0.2) is 9.97 Å². The van der Waals surface area contributed by atoms with Gasteiger partial charge in [-0.05, 0) is 12.1 Å². The van der Waals surface area contributed by atoms with Gasteiger partial charge in [0.15, 0.2) is 16.8 Å². The van der Waals surface area contributed by atoms with Crippen LogP contribution < -0.4 is 10.6 Å². The van der Waals surface area contributed by atoms with E-state index in [1.807, 2.05) is 60.0 Å². The van der Waals surface area contributed by atoms with Crippen molar-refractivity contribution in [3.63, 3.8) is 0 Å². The number of hydrogen-bond donors (Lipinski definition) is 2. The van der Waals surface area contributed by atoms with Crippen LogP contribution in [0.3, 0.4) is 0 Å². The van der Waals surface area contributed by atoms with Crippen molar-refractivity contribution < 1.29 is 14.0 Å². The van der Waals surface area contributed by atoms with Crippen molar-refractivity contribution in [1.82, 2.24) is 9.97 Å². The second kappa shape index (κ2) is 9.36. The number of hydrogen-bond acceptors (Lipinski definition) is 6. The van der Waals surface area contributed by atoms with Crippen LogP contribution in [-0.4, -0.2) is 21.8 Å². The topological polar surface area (TPSA) is 97.1 Å². The summed E-state index contributed by atoms with van der Waals surface area (Å²) in [5.74, 6) is 0.937. The van der Waals surface area contributed by atoms with Gasteiger partial charge in [0, 0.05) is 42.0 Å². The third-order valence-electron chi connectivity index (χ3n) is 4.43. The molecule has 0 fully saturated rings. The lowest BCUT2D eigenvalue weighted by Crippen LogP contribution is -2.12. The maximum atomic E-state index is 12.3. The Bertz CT molecular complexity index is 1180. The minimum atomic E-state index is -0.152. The minimum Gasteiger partial charge on any atom is -0.441 e. The zero-order valence-electron chi connectivity index (χ0n) is 16.8. The third-order valence-corrected chi connectivity index (χ3v) is 5.19. The van der Waals surface area contributed by atoms with Gasteiger partial charge < -0.3 is 15.1 Å². The van der Waals surface area contributed by atoms with Crippen molar-refractivity contribution in [2.24, 2.45) is 0 Å². The average Bonchev–Trinajstić information content (AvgIpc) is 3.43. The van der Waals surface area contributed by atoms with Crippen LogP contribution in [0.4, 0.5) is 10.8 Å². The number of anilines is 2. The van der Waals surface area contributed by atoms with Crippen LogP contribution in [0.15, 0.2) is 70.6 Å². The van der Waals surface area contributed by atoms with Crippen LogP contribution in [0, 0.1) is 0 Å². The summed E-state index contributed by atoms with van der Waals surface area (Å²) in [6.45, 7) is 1.47. The molecular weight excluding hydrogens is 412 g/mol. The standard InChI is InChI=1S/C23H20N4O3S/c1-15(28)25-18-9-7-16(8-10-18)19-14-31-23(26-19)27-21(29)11-12-22-24-13-20(30-22)17-5-3-2-4-6-17/h2-10,13-14H,11-12H2,1H3,(H,25,28)(H,26,27,29). The van der Waals surface area contributed by atoms with E-state index in [-0.39, 0.29) is 18.2 Å². The Morgan fingerprint density at radius 3 is 2.52 bits per heavy atom. The molecule has 8 heteroatoms. The first-order valence-corrected chi connectivity index (χ1v) is 10.6. The van der Waals surface area contributed by atoms with Gasteiger partial charge in [0.2, 0.25) is 11.8 Å². The maximum Gasteiger partial charge on any atom is 0.226 e. The summed E-state index contributed by atoms with van der Waals surface area (Å²) in [4.78, 5) is 32.1. The van der Waals surface area contributed by atoms with Gasteiger partial charge in [-0.3, -0.25) is 9.59 Å². The normalized spacial score (nSPS) is 10.6. The SMILES string of the molecule is CC(=O)Nc1ccc(-c2csc(NC(=O)CCc3ncc(-c4ccccc4)o3)n2)cc1. The molecular formula is C23H20N4O3S. The van der Waals surface area contributed by atoms with Gasteiger partial charge >= 0.3 is 0 Å². The smallest absolute Gasteiger partial charge is 0.226 e. The molecule has 4 aromatic rings. The number of thiazole rings is 1. The Morgan fingerprint density at radius 1 is 1.00 bits per heavy atom. The summed E-state index contributed by atoms with van der Waals surface area (Å²) in [6.07, 6.45) is 2.32. The summed E-state index contributed by atoms with van der Waals surface area (Å²) in [5.41, 5.74) is 3.34. The fourth-order valence-corrected chi connectivity index (χ4v) is 3.69. The first-order valence-electron chi connectivity index (χ1n) is 9.70. The summed E-state index contributed by atoms with van der Waals surface area (Å²) in [7, 11) is 0. The first-order chi connectivity index (χ1) is 15.1. The van der Waals surface area contributed by atoms with E-state index in [0.29, 0.717) is 23.2 Å². The molecule has 0 radical (unpaired) electrons. The molecule has 2 amide bonds. The Labute approximate surface area is 183 Å². The van der Waals surface area contributed by atoms with E-state index in [2.05, 4.69) is 20.6 Å². The molecule has 0 atom stereocenters. The summed E-state index contributed by atoms with van der Waals surface area (Å²) >= 11 is 1.36. The second-order valence-corrected chi connectivity index (χ2v) is 7.69. The van der Waals surface area contributed by atoms with Crippen LogP contribution >= 0.6 is 11.3 Å². The lowest BCUT2D eigenvalue weighted by atomic mass is 10.1. The number of aryl methyl sites for hydroxylation is 1. The Kier molecular flexibility index (Phi) is 6.18. The largest absolute Gasteiger partial charge is 0.441 e. The molecule has 0 saturated heterocycles. The minimum absolute atomic E-state index is 0.118. The molecule has 31 heavy (non-hydrogen) atoms. The van der Waals surface area contributed by atoms with Crippen molar-refractivity contribution in [2.75, 3.05) is 10.6 Å². The highest BCUT2D eigenvalue weighted by Gasteiger charge is 2.11. The molecule has 0 aliphatic carbocycles. The van der Waals surface area contributed by atoms with Gasteiger partial charge in [0.05, 0.1) is 11.9 Å². The van der Waals surface area contributed by atoms with E-state index in [4.69, 9.17) is 4.42 Å². The van der Waals surface area contributed by atoms with Crippen molar-refractivity contribution in [1.29, 1.82) is 0 Å².